The highest BCUT2D eigenvalue weighted by molar-refractivity contribution is 5.94. The Hall–Kier alpha value is -1.66. The molecule has 116 valence electrons. The number of hydrogen-bond acceptors (Lipinski definition) is 5. The molecular formula is C15H24N4O2. The molecule has 1 unspecified atom stereocenters. The van der Waals surface area contributed by atoms with E-state index in [1.807, 2.05) is 26.0 Å². The molecule has 0 saturated carbocycles. The number of hydrogen-bond donors (Lipinski definition) is 2. The van der Waals surface area contributed by atoms with Crippen molar-refractivity contribution in [2.45, 2.75) is 26.3 Å². The number of anilines is 2. The zero-order chi connectivity index (χ0) is 15.2. The van der Waals surface area contributed by atoms with Gasteiger partial charge >= 0.3 is 0 Å². The second-order valence-electron chi connectivity index (χ2n) is 5.73. The number of ether oxygens (including phenoxy) is 1. The fourth-order valence-electron chi connectivity index (χ4n) is 2.29. The highest BCUT2D eigenvalue weighted by Crippen LogP contribution is 2.16. The van der Waals surface area contributed by atoms with Gasteiger partial charge in [0.2, 0.25) is 5.91 Å². The number of morpholine rings is 1. The SMILES string of the molecule is CC(C)CC(N)C(=O)Nc1ccc(N2CCOCC2)nc1. The molecule has 1 saturated heterocycles. The Morgan fingerprint density at radius 2 is 2.14 bits per heavy atom. The lowest BCUT2D eigenvalue weighted by atomic mass is 10.0. The van der Waals surface area contributed by atoms with Crippen LogP contribution in [0, 0.1) is 5.92 Å². The molecular weight excluding hydrogens is 268 g/mol. The summed E-state index contributed by atoms with van der Waals surface area (Å²) < 4.78 is 5.32. The number of rotatable bonds is 5. The number of aromatic nitrogens is 1. The summed E-state index contributed by atoms with van der Waals surface area (Å²) in [6.45, 7) is 7.24. The molecule has 1 aromatic rings. The van der Waals surface area contributed by atoms with E-state index in [4.69, 9.17) is 10.5 Å². The van der Waals surface area contributed by atoms with E-state index in [0.29, 0.717) is 18.0 Å². The van der Waals surface area contributed by atoms with Crippen LogP contribution in [0.25, 0.3) is 0 Å². The van der Waals surface area contributed by atoms with E-state index in [0.717, 1.165) is 32.1 Å². The molecule has 2 heterocycles. The molecule has 1 amide bonds. The van der Waals surface area contributed by atoms with Crippen LogP contribution in [-0.4, -0.2) is 43.2 Å². The van der Waals surface area contributed by atoms with E-state index in [-0.39, 0.29) is 5.91 Å². The minimum absolute atomic E-state index is 0.162. The number of nitrogens with zero attached hydrogens (tertiary/aromatic N) is 2. The van der Waals surface area contributed by atoms with E-state index in [2.05, 4.69) is 15.2 Å². The van der Waals surface area contributed by atoms with E-state index in [1.54, 1.807) is 6.20 Å². The predicted molar refractivity (Wildman–Crippen MR) is 83.3 cm³/mol. The third-order valence-corrected chi connectivity index (χ3v) is 3.41. The van der Waals surface area contributed by atoms with Gasteiger partial charge in [0.25, 0.3) is 0 Å². The van der Waals surface area contributed by atoms with Gasteiger partial charge in [0.15, 0.2) is 0 Å². The Labute approximate surface area is 125 Å². The fourth-order valence-corrected chi connectivity index (χ4v) is 2.29. The summed E-state index contributed by atoms with van der Waals surface area (Å²) in [5.41, 5.74) is 6.54. The normalized spacial score (nSPS) is 16.9. The Morgan fingerprint density at radius 3 is 2.71 bits per heavy atom. The summed E-state index contributed by atoms with van der Waals surface area (Å²) in [6.07, 6.45) is 2.34. The molecule has 6 heteroatoms. The van der Waals surface area contributed by atoms with Crippen molar-refractivity contribution in [3.05, 3.63) is 18.3 Å². The zero-order valence-corrected chi connectivity index (χ0v) is 12.7. The van der Waals surface area contributed by atoms with Crippen LogP contribution in [0.4, 0.5) is 11.5 Å². The van der Waals surface area contributed by atoms with Crippen molar-refractivity contribution in [2.24, 2.45) is 11.7 Å². The van der Waals surface area contributed by atoms with Crippen LogP contribution in [0.5, 0.6) is 0 Å². The van der Waals surface area contributed by atoms with Gasteiger partial charge in [0, 0.05) is 13.1 Å². The van der Waals surface area contributed by atoms with Crippen LogP contribution in [-0.2, 0) is 9.53 Å². The van der Waals surface area contributed by atoms with Gasteiger partial charge in [-0.15, -0.1) is 0 Å². The third kappa shape index (κ3) is 4.68. The third-order valence-electron chi connectivity index (χ3n) is 3.41. The topological polar surface area (TPSA) is 80.5 Å². The van der Waals surface area contributed by atoms with Crippen LogP contribution in [0.2, 0.25) is 0 Å². The predicted octanol–water partition coefficient (Wildman–Crippen LogP) is 1.23. The maximum Gasteiger partial charge on any atom is 0.241 e. The monoisotopic (exact) mass is 292 g/mol. The van der Waals surface area contributed by atoms with Gasteiger partial charge in [-0.3, -0.25) is 4.79 Å². The largest absolute Gasteiger partial charge is 0.378 e. The van der Waals surface area contributed by atoms with Gasteiger partial charge in [-0.2, -0.15) is 0 Å². The molecule has 1 atom stereocenters. The second kappa shape index (κ2) is 7.38. The maximum absolute atomic E-state index is 11.9. The Bertz CT molecular complexity index is 455. The van der Waals surface area contributed by atoms with Crippen molar-refractivity contribution in [1.82, 2.24) is 4.98 Å². The van der Waals surface area contributed by atoms with Gasteiger partial charge in [-0.05, 0) is 24.5 Å². The van der Waals surface area contributed by atoms with Gasteiger partial charge < -0.3 is 20.7 Å². The number of nitrogens with one attached hydrogen (secondary N) is 1. The zero-order valence-electron chi connectivity index (χ0n) is 12.7. The van der Waals surface area contributed by atoms with Crippen LogP contribution >= 0.6 is 0 Å². The summed E-state index contributed by atoms with van der Waals surface area (Å²) in [7, 11) is 0. The first-order chi connectivity index (χ1) is 10.1. The van der Waals surface area contributed by atoms with E-state index in [9.17, 15) is 4.79 Å². The summed E-state index contributed by atoms with van der Waals surface area (Å²) in [4.78, 5) is 18.5. The number of carbonyl (C=O) groups is 1. The molecule has 0 aromatic carbocycles. The Balaban J connectivity index is 1.91. The van der Waals surface area contributed by atoms with Crippen LogP contribution in [0.15, 0.2) is 18.3 Å². The molecule has 0 bridgehead atoms. The van der Waals surface area contributed by atoms with Gasteiger partial charge in [0.1, 0.15) is 5.82 Å². The van der Waals surface area contributed by atoms with Gasteiger partial charge in [0.05, 0.1) is 31.1 Å². The van der Waals surface area contributed by atoms with Crippen molar-refractivity contribution in [1.29, 1.82) is 0 Å². The minimum Gasteiger partial charge on any atom is -0.378 e. The fraction of sp³-hybridized carbons (Fsp3) is 0.600. The highest BCUT2D eigenvalue weighted by atomic mass is 16.5. The Morgan fingerprint density at radius 1 is 1.43 bits per heavy atom. The lowest BCUT2D eigenvalue weighted by Crippen LogP contribution is -2.37. The van der Waals surface area contributed by atoms with Crippen molar-refractivity contribution in [3.8, 4) is 0 Å². The summed E-state index contributed by atoms with van der Waals surface area (Å²) in [6, 6.07) is 3.29. The van der Waals surface area contributed by atoms with Crippen molar-refractivity contribution in [3.63, 3.8) is 0 Å². The van der Waals surface area contributed by atoms with Crippen LogP contribution < -0.4 is 16.0 Å². The Kier molecular flexibility index (Phi) is 5.52. The van der Waals surface area contributed by atoms with Crippen LogP contribution in [0.1, 0.15) is 20.3 Å². The van der Waals surface area contributed by atoms with E-state index in [1.165, 1.54) is 0 Å². The number of amides is 1. The van der Waals surface area contributed by atoms with Crippen LogP contribution in [0.3, 0.4) is 0 Å². The summed E-state index contributed by atoms with van der Waals surface area (Å²) in [5.74, 6) is 1.14. The van der Waals surface area contributed by atoms with Crippen molar-refractivity contribution >= 4 is 17.4 Å². The van der Waals surface area contributed by atoms with E-state index < -0.39 is 6.04 Å². The second-order valence-corrected chi connectivity index (χ2v) is 5.73. The lowest BCUT2D eigenvalue weighted by Gasteiger charge is -2.27. The number of nitrogens with two attached hydrogens (primary N) is 1. The number of pyridine rings is 1. The molecule has 1 aliphatic heterocycles. The average Bonchev–Trinajstić information content (AvgIpc) is 2.48. The molecule has 1 aliphatic rings. The quantitative estimate of drug-likeness (QED) is 0.853. The molecule has 1 fully saturated rings. The molecule has 0 aliphatic carbocycles. The first-order valence-corrected chi connectivity index (χ1v) is 7.41. The van der Waals surface area contributed by atoms with Gasteiger partial charge in [-0.25, -0.2) is 4.98 Å². The smallest absolute Gasteiger partial charge is 0.241 e. The molecule has 6 nitrogen and oxygen atoms in total. The molecule has 3 N–H and O–H groups in total. The minimum atomic E-state index is -0.482. The summed E-state index contributed by atoms with van der Waals surface area (Å²) in [5, 5.41) is 2.81. The van der Waals surface area contributed by atoms with Gasteiger partial charge in [-0.1, -0.05) is 13.8 Å². The molecule has 21 heavy (non-hydrogen) atoms. The highest BCUT2D eigenvalue weighted by Gasteiger charge is 2.16. The lowest BCUT2D eigenvalue weighted by molar-refractivity contribution is -0.117. The first-order valence-electron chi connectivity index (χ1n) is 7.41. The van der Waals surface area contributed by atoms with Crippen molar-refractivity contribution in [2.75, 3.05) is 36.5 Å². The van der Waals surface area contributed by atoms with E-state index >= 15 is 0 Å². The van der Waals surface area contributed by atoms with Crippen molar-refractivity contribution < 1.29 is 9.53 Å². The molecule has 0 radical (unpaired) electrons. The first kappa shape index (κ1) is 15.7. The molecule has 2 rings (SSSR count). The maximum atomic E-state index is 11.9. The molecule has 1 aromatic heterocycles. The average molecular weight is 292 g/mol. The number of carbonyl (C=O) groups excluding carboxylic acids is 1. The standard InChI is InChI=1S/C15H24N4O2/c1-11(2)9-13(16)15(20)18-12-3-4-14(17-10-12)19-5-7-21-8-6-19/h3-4,10-11,13H,5-9,16H2,1-2H3,(H,18,20). The summed E-state index contributed by atoms with van der Waals surface area (Å²) >= 11 is 0. The molecule has 0 spiro atoms.